The summed E-state index contributed by atoms with van der Waals surface area (Å²) >= 11 is 3.79. The van der Waals surface area contributed by atoms with Gasteiger partial charge in [0, 0.05) is 25.1 Å². The van der Waals surface area contributed by atoms with Crippen LogP contribution in [0.3, 0.4) is 0 Å². The molecule has 0 saturated carbocycles. The lowest BCUT2D eigenvalue weighted by molar-refractivity contribution is -0.296. The minimum Gasteiger partial charge on any atom is -0.345 e. The van der Waals surface area contributed by atoms with Gasteiger partial charge in [0.25, 0.3) is 0 Å². The van der Waals surface area contributed by atoms with Crippen LogP contribution in [0.5, 0.6) is 0 Å². The fourth-order valence-electron chi connectivity index (χ4n) is 3.52. The largest absolute Gasteiger partial charge is 0.345 e. The number of thiophene rings is 2. The van der Waals surface area contributed by atoms with Crippen LogP contribution in [0.2, 0.25) is 0 Å². The summed E-state index contributed by atoms with van der Waals surface area (Å²) in [7, 11) is 0. The van der Waals surface area contributed by atoms with Crippen LogP contribution in [-0.2, 0) is 27.1 Å². The van der Waals surface area contributed by atoms with Gasteiger partial charge >= 0.3 is 0 Å². The number of rotatable bonds is 2. The molecule has 0 bridgehead atoms. The maximum atomic E-state index is 6.22. The fraction of sp³-hybridized carbons (Fsp3) is 0.565. The Morgan fingerprint density at radius 1 is 0.963 bits per heavy atom. The van der Waals surface area contributed by atoms with E-state index < -0.39 is 5.79 Å². The van der Waals surface area contributed by atoms with Crippen molar-refractivity contribution in [2.24, 2.45) is 5.41 Å². The third kappa shape index (κ3) is 3.35. The van der Waals surface area contributed by atoms with E-state index in [0.29, 0.717) is 0 Å². The first-order valence-corrected chi connectivity index (χ1v) is 11.4. The lowest BCUT2D eigenvalue weighted by atomic mass is 9.94. The van der Waals surface area contributed by atoms with Gasteiger partial charge in [0.05, 0.1) is 18.1 Å². The Bertz CT molecular complexity index is 991. The molecule has 2 aromatic heterocycles. The van der Waals surface area contributed by atoms with Gasteiger partial charge in [-0.2, -0.15) is 0 Å². The summed E-state index contributed by atoms with van der Waals surface area (Å²) in [5.41, 5.74) is 1.70. The molecule has 27 heavy (non-hydrogen) atoms. The average molecular weight is 403 g/mol. The zero-order valence-corrected chi connectivity index (χ0v) is 19.1. The van der Waals surface area contributed by atoms with Crippen LogP contribution in [0.15, 0.2) is 18.2 Å². The molecule has 0 N–H and O–H groups in total. The third-order valence-corrected chi connectivity index (χ3v) is 8.41. The van der Waals surface area contributed by atoms with E-state index in [1.807, 2.05) is 22.7 Å². The van der Waals surface area contributed by atoms with Crippen molar-refractivity contribution in [2.45, 2.75) is 66.1 Å². The molecule has 146 valence electrons. The Morgan fingerprint density at radius 3 is 2.22 bits per heavy atom. The number of hydrogen-bond donors (Lipinski definition) is 0. The molecule has 4 rings (SSSR count). The van der Waals surface area contributed by atoms with Crippen molar-refractivity contribution in [3.05, 3.63) is 33.5 Å². The summed E-state index contributed by atoms with van der Waals surface area (Å²) in [6.07, 6.45) is 1.06. The van der Waals surface area contributed by atoms with Gasteiger partial charge in [-0.1, -0.05) is 41.5 Å². The van der Waals surface area contributed by atoms with Crippen LogP contribution < -0.4 is 0 Å². The van der Waals surface area contributed by atoms with Crippen molar-refractivity contribution in [3.63, 3.8) is 0 Å². The minimum atomic E-state index is -0.638. The van der Waals surface area contributed by atoms with Gasteiger partial charge in [-0.25, -0.2) is 0 Å². The number of aryl methyl sites for hydroxylation is 1. The Hall–Kier alpha value is -0.940. The highest BCUT2D eigenvalue weighted by atomic mass is 32.1. The summed E-state index contributed by atoms with van der Waals surface area (Å²) in [5.74, 6) is -0.638. The second-order valence-electron chi connectivity index (χ2n) is 9.71. The maximum absolute atomic E-state index is 6.22. The molecule has 3 heterocycles. The lowest BCUT2D eigenvalue weighted by Crippen LogP contribution is -2.43. The molecule has 1 aromatic carbocycles. The highest BCUT2D eigenvalue weighted by molar-refractivity contribution is 7.23. The molecule has 1 saturated heterocycles. The van der Waals surface area contributed by atoms with Gasteiger partial charge in [-0.05, 0) is 47.9 Å². The van der Waals surface area contributed by atoms with Crippen LogP contribution in [0.4, 0.5) is 0 Å². The van der Waals surface area contributed by atoms with Crippen molar-refractivity contribution in [2.75, 3.05) is 13.2 Å². The molecule has 1 fully saturated rings. The fourth-order valence-corrected chi connectivity index (χ4v) is 6.11. The minimum absolute atomic E-state index is 0.0772. The van der Waals surface area contributed by atoms with Gasteiger partial charge in [0.1, 0.15) is 0 Å². The molecule has 1 aliphatic rings. The number of fused-ring (bicyclic) bond motifs is 3. The van der Waals surface area contributed by atoms with Crippen LogP contribution >= 0.6 is 22.7 Å². The van der Waals surface area contributed by atoms with E-state index in [9.17, 15) is 0 Å². The number of benzene rings is 1. The molecule has 4 heteroatoms. The molecule has 0 unspecified atom stereocenters. The van der Waals surface area contributed by atoms with Crippen LogP contribution in [0, 0.1) is 5.41 Å². The summed E-state index contributed by atoms with van der Waals surface area (Å²) in [5, 5.41) is 2.71. The summed E-state index contributed by atoms with van der Waals surface area (Å²) in [4.78, 5) is 2.62. The van der Waals surface area contributed by atoms with Crippen molar-refractivity contribution >= 4 is 42.8 Å². The van der Waals surface area contributed by atoms with E-state index in [2.05, 4.69) is 66.7 Å². The first-order valence-electron chi connectivity index (χ1n) is 9.80. The van der Waals surface area contributed by atoms with Gasteiger partial charge in [0.15, 0.2) is 0 Å². The van der Waals surface area contributed by atoms with Crippen molar-refractivity contribution in [3.8, 4) is 0 Å². The van der Waals surface area contributed by atoms with Gasteiger partial charge in [0.2, 0.25) is 5.79 Å². The second-order valence-corrected chi connectivity index (χ2v) is 11.8. The van der Waals surface area contributed by atoms with Crippen LogP contribution in [0.25, 0.3) is 20.2 Å². The molecule has 2 nitrogen and oxygen atoms in total. The standard InChI is InChI=1S/C23H30O2S2/c1-8-14-9-15-10-18(23(7)24-12-22(5,6)13-25-23)27-20(15)16-11-17(21(2,3)4)26-19(14)16/h9-11H,8,12-13H2,1-7H3. The Balaban J connectivity index is 1.87. The lowest BCUT2D eigenvalue weighted by Gasteiger charge is -2.40. The van der Waals surface area contributed by atoms with E-state index in [4.69, 9.17) is 9.47 Å². The highest BCUT2D eigenvalue weighted by Gasteiger charge is 2.39. The Morgan fingerprint density at radius 2 is 1.63 bits per heavy atom. The average Bonchev–Trinajstić information content (AvgIpc) is 3.20. The predicted molar refractivity (Wildman–Crippen MR) is 118 cm³/mol. The van der Waals surface area contributed by atoms with E-state index in [1.165, 1.54) is 35.5 Å². The van der Waals surface area contributed by atoms with E-state index >= 15 is 0 Å². The third-order valence-electron chi connectivity index (χ3n) is 5.40. The molecule has 0 radical (unpaired) electrons. The Kier molecular flexibility index (Phi) is 4.51. The van der Waals surface area contributed by atoms with Crippen molar-refractivity contribution < 1.29 is 9.47 Å². The van der Waals surface area contributed by atoms with Crippen molar-refractivity contribution in [1.29, 1.82) is 0 Å². The highest BCUT2D eigenvalue weighted by Crippen LogP contribution is 2.46. The van der Waals surface area contributed by atoms with E-state index in [1.54, 1.807) is 0 Å². The first-order chi connectivity index (χ1) is 12.5. The van der Waals surface area contributed by atoms with Gasteiger partial charge < -0.3 is 9.47 Å². The molecular weight excluding hydrogens is 372 g/mol. The summed E-state index contributed by atoms with van der Waals surface area (Å²) in [6, 6.07) is 7.07. The Labute approximate surface area is 170 Å². The monoisotopic (exact) mass is 402 g/mol. The SMILES string of the molecule is CCc1cc2cc(C3(C)OCC(C)(C)CO3)sc2c2cc(C(C)(C)C)sc12. The zero-order chi connectivity index (χ0) is 19.6. The normalized spacial score (nSPS) is 19.8. The van der Waals surface area contributed by atoms with Crippen LogP contribution in [0.1, 0.15) is 63.8 Å². The topological polar surface area (TPSA) is 18.5 Å². The van der Waals surface area contributed by atoms with E-state index in [0.717, 1.165) is 19.6 Å². The summed E-state index contributed by atoms with van der Waals surface area (Å²) in [6.45, 7) is 17.0. The van der Waals surface area contributed by atoms with E-state index in [-0.39, 0.29) is 10.8 Å². The molecule has 0 spiro atoms. The molecule has 0 atom stereocenters. The number of ether oxygens (including phenoxy) is 2. The summed E-state index contributed by atoms with van der Waals surface area (Å²) < 4.78 is 15.2. The first kappa shape index (κ1) is 19.4. The molecule has 0 amide bonds. The van der Waals surface area contributed by atoms with Gasteiger partial charge in [-0.3, -0.25) is 0 Å². The quantitative estimate of drug-likeness (QED) is 0.450. The molecule has 1 aliphatic heterocycles. The predicted octanol–water partition coefficient (Wildman–Crippen LogP) is 7.22. The number of hydrogen-bond acceptors (Lipinski definition) is 4. The zero-order valence-electron chi connectivity index (χ0n) is 17.5. The van der Waals surface area contributed by atoms with Gasteiger partial charge in [-0.15, -0.1) is 22.7 Å². The molecule has 0 aliphatic carbocycles. The second kappa shape index (κ2) is 6.28. The van der Waals surface area contributed by atoms with Crippen LogP contribution in [-0.4, -0.2) is 13.2 Å². The van der Waals surface area contributed by atoms with Crippen molar-refractivity contribution in [1.82, 2.24) is 0 Å². The molecular formula is C23H30O2S2. The maximum Gasteiger partial charge on any atom is 0.201 e. The molecule has 3 aromatic rings. The smallest absolute Gasteiger partial charge is 0.201 e.